The lowest BCUT2D eigenvalue weighted by Gasteiger charge is -2.15. The van der Waals surface area contributed by atoms with Crippen LogP contribution in [0.1, 0.15) is 22.3 Å². The predicted molar refractivity (Wildman–Crippen MR) is 98.9 cm³/mol. The lowest BCUT2D eigenvalue weighted by atomic mass is 10.1. The second-order valence-corrected chi connectivity index (χ2v) is 6.22. The Labute approximate surface area is 146 Å². The van der Waals surface area contributed by atoms with Gasteiger partial charge in [-0.25, -0.2) is 4.79 Å². The molecule has 0 unspecified atom stereocenters. The first-order valence-electron chi connectivity index (χ1n) is 7.22. The number of carbonyl (C=O) groups excluding carboxylic acids is 1. The normalized spacial score (nSPS) is 10.4. The van der Waals surface area contributed by atoms with E-state index in [1.54, 1.807) is 12.3 Å². The van der Waals surface area contributed by atoms with Gasteiger partial charge in [0.25, 0.3) is 0 Å². The zero-order valence-corrected chi connectivity index (χ0v) is 15.2. The van der Waals surface area contributed by atoms with Crippen molar-refractivity contribution in [3.63, 3.8) is 0 Å². The number of benzene rings is 2. The van der Waals surface area contributed by atoms with E-state index in [4.69, 9.17) is 9.47 Å². The molecule has 5 heteroatoms. The second kappa shape index (κ2) is 8.31. The molecule has 0 bridgehead atoms. The molecule has 0 aliphatic heterocycles. The van der Waals surface area contributed by atoms with Gasteiger partial charge in [0.1, 0.15) is 18.1 Å². The summed E-state index contributed by atoms with van der Waals surface area (Å²) in [7, 11) is 0. The van der Waals surface area contributed by atoms with Gasteiger partial charge in [0, 0.05) is 11.3 Å². The van der Waals surface area contributed by atoms with Crippen molar-refractivity contribution in [1.29, 1.82) is 0 Å². The van der Waals surface area contributed by atoms with Crippen molar-refractivity contribution in [2.75, 3.05) is 6.26 Å². The molecule has 2 aromatic carbocycles. The number of rotatable bonds is 5. The largest absolute Gasteiger partial charge is 0.488 e. The van der Waals surface area contributed by atoms with Crippen molar-refractivity contribution in [2.24, 2.45) is 0 Å². The van der Waals surface area contributed by atoms with Crippen LogP contribution < -0.4 is 9.47 Å². The molecule has 0 spiro atoms. The maximum Gasteiger partial charge on any atom is 0.372 e. The van der Waals surface area contributed by atoms with Crippen molar-refractivity contribution < 1.29 is 14.3 Å². The first kappa shape index (κ1) is 17.8. The maximum atomic E-state index is 11.6. The number of thiol groups is 1. The molecule has 2 rings (SSSR count). The summed E-state index contributed by atoms with van der Waals surface area (Å²) in [5.41, 5.74) is 4.12. The molecule has 0 atom stereocenters. The Bertz CT molecular complexity index is 699. The van der Waals surface area contributed by atoms with Gasteiger partial charge in [-0.3, -0.25) is 0 Å². The van der Waals surface area contributed by atoms with Gasteiger partial charge in [-0.05, 0) is 55.1 Å². The van der Waals surface area contributed by atoms with E-state index in [0.717, 1.165) is 34.2 Å². The highest BCUT2D eigenvalue weighted by atomic mass is 32.2. The van der Waals surface area contributed by atoms with E-state index >= 15 is 0 Å². The lowest BCUT2D eigenvalue weighted by molar-refractivity contribution is 0.225. The van der Waals surface area contributed by atoms with E-state index in [9.17, 15) is 4.79 Å². The van der Waals surface area contributed by atoms with Crippen LogP contribution in [0.25, 0.3) is 0 Å². The van der Waals surface area contributed by atoms with Gasteiger partial charge in [-0.1, -0.05) is 29.8 Å². The minimum absolute atomic E-state index is 0.331. The Morgan fingerprint density at radius 3 is 2.61 bits per heavy atom. The van der Waals surface area contributed by atoms with Crippen LogP contribution in [0.15, 0.2) is 36.4 Å². The summed E-state index contributed by atoms with van der Waals surface area (Å²) < 4.78 is 11.3. The maximum absolute atomic E-state index is 11.6. The van der Waals surface area contributed by atoms with Gasteiger partial charge in [-0.15, -0.1) is 0 Å². The van der Waals surface area contributed by atoms with Gasteiger partial charge < -0.3 is 9.47 Å². The Morgan fingerprint density at radius 2 is 1.96 bits per heavy atom. The first-order valence-corrected chi connectivity index (χ1v) is 9.08. The molecular formula is C18H20O3S2. The van der Waals surface area contributed by atoms with Crippen LogP contribution >= 0.6 is 24.4 Å². The second-order valence-electron chi connectivity index (χ2n) is 5.17. The molecular weight excluding hydrogens is 328 g/mol. The standard InChI is InChI=1S/C18H20O3S2/c1-12-7-8-16(13(2)9-12)20-10-15-14(11-22)5-4-6-17(15)21-18(19)23-3/h4-9,22H,10-11H2,1-3H3. The molecule has 23 heavy (non-hydrogen) atoms. The van der Waals surface area contributed by atoms with Gasteiger partial charge in [0.05, 0.1) is 0 Å². The van der Waals surface area contributed by atoms with Gasteiger partial charge >= 0.3 is 5.30 Å². The molecule has 0 fully saturated rings. The number of aryl methyl sites for hydroxylation is 2. The summed E-state index contributed by atoms with van der Waals surface area (Å²) in [4.78, 5) is 11.6. The number of hydrogen-bond donors (Lipinski definition) is 1. The fourth-order valence-electron chi connectivity index (χ4n) is 2.26. The lowest BCUT2D eigenvalue weighted by Crippen LogP contribution is -2.07. The molecule has 3 nitrogen and oxygen atoms in total. The zero-order valence-electron chi connectivity index (χ0n) is 13.5. The molecule has 0 amide bonds. The van der Waals surface area contributed by atoms with Crippen LogP contribution in [-0.2, 0) is 12.4 Å². The minimum atomic E-state index is -0.339. The number of hydrogen-bond acceptors (Lipinski definition) is 5. The number of carbonyl (C=O) groups is 1. The highest BCUT2D eigenvalue weighted by molar-refractivity contribution is 8.12. The fraction of sp³-hybridized carbons (Fsp3) is 0.278. The molecule has 0 aromatic heterocycles. The first-order chi connectivity index (χ1) is 11.0. The van der Waals surface area contributed by atoms with Crippen LogP contribution in [-0.4, -0.2) is 11.6 Å². The zero-order chi connectivity index (χ0) is 16.8. The van der Waals surface area contributed by atoms with Crippen molar-refractivity contribution in [2.45, 2.75) is 26.2 Å². The summed E-state index contributed by atoms with van der Waals surface area (Å²) >= 11 is 5.39. The Balaban J connectivity index is 2.24. The minimum Gasteiger partial charge on any atom is -0.488 e. The predicted octanol–water partition coefficient (Wildman–Crippen LogP) is 5.17. The third-order valence-corrected chi connectivity index (χ3v) is 4.22. The van der Waals surface area contributed by atoms with Crippen molar-refractivity contribution >= 4 is 29.7 Å². The third-order valence-electron chi connectivity index (χ3n) is 3.46. The molecule has 0 saturated carbocycles. The van der Waals surface area contributed by atoms with Crippen LogP contribution in [0.5, 0.6) is 11.5 Å². The summed E-state index contributed by atoms with van der Waals surface area (Å²) in [5, 5.41) is -0.339. The summed E-state index contributed by atoms with van der Waals surface area (Å²) in [5.74, 6) is 1.91. The van der Waals surface area contributed by atoms with E-state index in [1.807, 2.05) is 38.1 Å². The molecule has 0 N–H and O–H groups in total. The molecule has 0 aliphatic rings. The van der Waals surface area contributed by atoms with E-state index < -0.39 is 0 Å². The molecule has 0 saturated heterocycles. The number of thioether (sulfide) groups is 1. The molecule has 0 heterocycles. The SMILES string of the molecule is CSC(=O)Oc1cccc(CS)c1COc1ccc(C)cc1C. The monoisotopic (exact) mass is 348 g/mol. The summed E-state index contributed by atoms with van der Waals surface area (Å²) in [6.07, 6.45) is 1.69. The number of ether oxygens (including phenoxy) is 2. The van der Waals surface area contributed by atoms with Crippen LogP contribution in [0.3, 0.4) is 0 Å². The van der Waals surface area contributed by atoms with Crippen LogP contribution in [0.4, 0.5) is 4.79 Å². The van der Waals surface area contributed by atoms with Crippen molar-refractivity contribution in [3.8, 4) is 11.5 Å². The van der Waals surface area contributed by atoms with E-state index in [1.165, 1.54) is 5.56 Å². The van der Waals surface area contributed by atoms with Crippen LogP contribution in [0, 0.1) is 13.8 Å². The van der Waals surface area contributed by atoms with Crippen molar-refractivity contribution in [3.05, 3.63) is 58.7 Å². The summed E-state index contributed by atoms with van der Waals surface area (Å²) in [6, 6.07) is 11.7. The fourth-order valence-corrected chi connectivity index (χ4v) is 2.73. The Kier molecular flexibility index (Phi) is 6.42. The quantitative estimate of drug-likeness (QED) is 0.597. The Hall–Kier alpha value is -1.59. The van der Waals surface area contributed by atoms with E-state index in [0.29, 0.717) is 18.1 Å². The molecule has 122 valence electrons. The van der Waals surface area contributed by atoms with E-state index in [-0.39, 0.29) is 5.30 Å². The van der Waals surface area contributed by atoms with Gasteiger partial charge in [0.2, 0.25) is 0 Å². The highest BCUT2D eigenvalue weighted by Gasteiger charge is 2.13. The molecule has 0 aliphatic carbocycles. The molecule has 2 aromatic rings. The average Bonchev–Trinajstić information content (AvgIpc) is 2.54. The summed E-state index contributed by atoms with van der Waals surface area (Å²) in [6.45, 7) is 4.39. The topological polar surface area (TPSA) is 35.5 Å². The van der Waals surface area contributed by atoms with Gasteiger partial charge in [0.15, 0.2) is 0 Å². The smallest absolute Gasteiger partial charge is 0.372 e. The Morgan fingerprint density at radius 1 is 1.17 bits per heavy atom. The third kappa shape index (κ3) is 4.69. The van der Waals surface area contributed by atoms with E-state index in [2.05, 4.69) is 18.7 Å². The van der Waals surface area contributed by atoms with Gasteiger partial charge in [-0.2, -0.15) is 12.6 Å². The van der Waals surface area contributed by atoms with Crippen molar-refractivity contribution in [1.82, 2.24) is 0 Å². The molecule has 0 radical (unpaired) electrons. The van der Waals surface area contributed by atoms with Crippen LogP contribution in [0.2, 0.25) is 0 Å². The average molecular weight is 348 g/mol. The highest BCUT2D eigenvalue weighted by Crippen LogP contribution is 2.28.